The summed E-state index contributed by atoms with van der Waals surface area (Å²) in [6.07, 6.45) is 1.67. The Morgan fingerprint density at radius 3 is 2.88 bits per heavy atom. The molecule has 3 rings (SSSR count). The van der Waals surface area contributed by atoms with Crippen molar-refractivity contribution < 1.29 is 13.9 Å². The zero-order valence-corrected chi connectivity index (χ0v) is 8.96. The Kier molecular flexibility index (Phi) is 2.33. The number of nitrogens with one attached hydrogen (secondary N) is 1. The summed E-state index contributed by atoms with van der Waals surface area (Å²) in [5, 5.41) is 3.27. The fraction of sp³-hybridized carbons (Fsp3) is 0.500. The minimum Gasteiger partial charge on any atom is -0.462 e. The number of hydrogen-bond acceptors (Lipinski definition) is 3. The van der Waals surface area contributed by atoms with Crippen LogP contribution in [0.3, 0.4) is 0 Å². The first-order valence-electron chi connectivity index (χ1n) is 5.60. The Balaban J connectivity index is 1.88. The molecular weight excluding hydrogens is 209 g/mol. The van der Waals surface area contributed by atoms with E-state index in [0.29, 0.717) is 6.61 Å². The van der Waals surface area contributed by atoms with Gasteiger partial charge in [-0.15, -0.1) is 0 Å². The average Bonchev–Trinajstić information content (AvgIpc) is 2.31. The van der Waals surface area contributed by atoms with Crippen molar-refractivity contribution in [1.29, 1.82) is 0 Å². The smallest absolute Gasteiger partial charge is 0.213 e. The molecule has 2 heterocycles. The van der Waals surface area contributed by atoms with Crippen LogP contribution >= 0.6 is 0 Å². The molecule has 0 bridgehead atoms. The van der Waals surface area contributed by atoms with Crippen LogP contribution in [0.25, 0.3) is 0 Å². The van der Waals surface area contributed by atoms with E-state index in [2.05, 4.69) is 5.32 Å². The fourth-order valence-corrected chi connectivity index (χ4v) is 2.25. The molecule has 1 fully saturated rings. The molecule has 16 heavy (non-hydrogen) atoms. The van der Waals surface area contributed by atoms with Crippen LogP contribution in [0, 0.1) is 5.82 Å². The maximum absolute atomic E-state index is 13.0. The highest BCUT2D eigenvalue weighted by molar-refractivity contribution is 5.35. The summed E-state index contributed by atoms with van der Waals surface area (Å²) in [4.78, 5) is 0. The summed E-state index contributed by atoms with van der Waals surface area (Å²) in [5.41, 5.74) is 0.796. The predicted octanol–water partition coefficient (Wildman–Crippen LogP) is 1.81. The van der Waals surface area contributed by atoms with Gasteiger partial charge in [-0.25, -0.2) is 4.39 Å². The first-order valence-corrected chi connectivity index (χ1v) is 5.60. The van der Waals surface area contributed by atoms with Crippen molar-refractivity contribution in [2.45, 2.75) is 25.2 Å². The van der Waals surface area contributed by atoms with Crippen LogP contribution in [0.1, 0.15) is 18.4 Å². The minimum absolute atomic E-state index is 0.243. The molecule has 0 unspecified atom stereocenters. The SMILES string of the molecule is Fc1ccc2c(c1)COC1(CCNCC1)O2. The topological polar surface area (TPSA) is 30.5 Å². The van der Waals surface area contributed by atoms with E-state index < -0.39 is 5.79 Å². The zero-order chi connectivity index (χ0) is 11.0. The summed E-state index contributed by atoms with van der Waals surface area (Å²) in [5.74, 6) is 0.0255. The second-order valence-corrected chi connectivity index (χ2v) is 4.30. The van der Waals surface area contributed by atoms with Gasteiger partial charge >= 0.3 is 0 Å². The number of fused-ring (bicyclic) bond motifs is 1. The third-order valence-corrected chi connectivity index (χ3v) is 3.17. The van der Waals surface area contributed by atoms with Crippen molar-refractivity contribution in [3.8, 4) is 5.75 Å². The summed E-state index contributed by atoms with van der Waals surface area (Å²) in [6, 6.07) is 4.60. The van der Waals surface area contributed by atoms with Crippen LogP contribution in [0.4, 0.5) is 4.39 Å². The van der Waals surface area contributed by atoms with Crippen molar-refractivity contribution in [1.82, 2.24) is 5.32 Å². The molecule has 0 aromatic heterocycles. The Hall–Kier alpha value is -1.13. The molecule has 0 amide bonds. The Morgan fingerprint density at radius 2 is 2.06 bits per heavy atom. The molecule has 0 radical (unpaired) electrons. The molecule has 1 aromatic carbocycles. The molecule has 1 spiro atoms. The molecule has 2 aliphatic heterocycles. The second kappa shape index (κ2) is 3.71. The Bertz CT molecular complexity index is 402. The molecule has 1 N–H and O–H groups in total. The van der Waals surface area contributed by atoms with Crippen LogP contribution in [0.5, 0.6) is 5.75 Å². The van der Waals surface area contributed by atoms with Gasteiger partial charge in [-0.2, -0.15) is 0 Å². The van der Waals surface area contributed by atoms with Crippen molar-refractivity contribution in [2.75, 3.05) is 13.1 Å². The highest BCUT2D eigenvalue weighted by Crippen LogP contribution is 2.36. The molecule has 0 saturated carbocycles. The maximum Gasteiger partial charge on any atom is 0.213 e. The predicted molar refractivity (Wildman–Crippen MR) is 56.7 cm³/mol. The van der Waals surface area contributed by atoms with Gasteiger partial charge in [-0.3, -0.25) is 0 Å². The fourth-order valence-electron chi connectivity index (χ4n) is 2.25. The van der Waals surface area contributed by atoms with Crippen LogP contribution < -0.4 is 10.1 Å². The molecule has 3 nitrogen and oxygen atoms in total. The van der Waals surface area contributed by atoms with Gasteiger partial charge in [-0.1, -0.05) is 0 Å². The van der Waals surface area contributed by atoms with Crippen LogP contribution in [-0.2, 0) is 11.3 Å². The summed E-state index contributed by atoms with van der Waals surface area (Å²) in [7, 11) is 0. The normalized spacial score (nSPS) is 22.6. The van der Waals surface area contributed by atoms with E-state index in [9.17, 15) is 4.39 Å². The highest BCUT2D eigenvalue weighted by Gasteiger charge is 2.38. The van der Waals surface area contributed by atoms with Gasteiger partial charge in [-0.05, 0) is 18.2 Å². The molecule has 86 valence electrons. The average molecular weight is 223 g/mol. The zero-order valence-electron chi connectivity index (χ0n) is 8.96. The molecule has 1 saturated heterocycles. The van der Waals surface area contributed by atoms with E-state index in [1.54, 1.807) is 6.07 Å². The number of halogens is 1. The first kappa shape index (κ1) is 10.1. The van der Waals surface area contributed by atoms with Gasteiger partial charge in [0.05, 0.1) is 6.61 Å². The van der Waals surface area contributed by atoms with Gasteiger partial charge in [0.15, 0.2) is 0 Å². The number of benzene rings is 1. The van der Waals surface area contributed by atoms with Crippen LogP contribution in [-0.4, -0.2) is 18.9 Å². The number of rotatable bonds is 0. The van der Waals surface area contributed by atoms with E-state index in [0.717, 1.165) is 37.2 Å². The molecular formula is C12H14FNO2. The number of piperidine rings is 1. The summed E-state index contributed by atoms with van der Waals surface area (Å²) >= 11 is 0. The van der Waals surface area contributed by atoms with Gasteiger partial charge < -0.3 is 14.8 Å². The lowest BCUT2D eigenvalue weighted by Gasteiger charge is -2.41. The van der Waals surface area contributed by atoms with E-state index >= 15 is 0 Å². The van der Waals surface area contributed by atoms with E-state index in [1.807, 2.05) is 0 Å². The van der Waals surface area contributed by atoms with Crippen LogP contribution in [0.2, 0.25) is 0 Å². The lowest BCUT2D eigenvalue weighted by Crippen LogP contribution is -2.49. The molecule has 0 atom stereocenters. The van der Waals surface area contributed by atoms with Crippen molar-refractivity contribution >= 4 is 0 Å². The molecule has 4 heteroatoms. The van der Waals surface area contributed by atoms with E-state index in [4.69, 9.17) is 9.47 Å². The monoisotopic (exact) mass is 223 g/mol. The van der Waals surface area contributed by atoms with E-state index in [-0.39, 0.29) is 5.82 Å². The van der Waals surface area contributed by atoms with Gasteiger partial charge in [0.2, 0.25) is 5.79 Å². The molecule has 2 aliphatic rings. The van der Waals surface area contributed by atoms with Gasteiger partial charge in [0.1, 0.15) is 11.6 Å². The Labute approximate surface area is 93.6 Å². The second-order valence-electron chi connectivity index (χ2n) is 4.30. The molecule has 0 aliphatic carbocycles. The summed E-state index contributed by atoms with van der Waals surface area (Å²) < 4.78 is 24.7. The molecule has 1 aromatic rings. The number of ether oxygens (including phenoxy) is 2. The largest absolute Gasteiger partial charge is 0.462 e. The van der Waals surface area contributed by atoms with Crippen molar-refractivity contribution in [2.24, 2.45) is 0 Å². The van der Waals surface area contributed by atoms with Gasteiger partial charge in [0.25, 0.3) is 0 Å². The standard InChI is InChI=1S/C12H14FNO2/c13-10-1-2-11-9(7-10)8-15-12(16-11)3-5-14-6-4-12/h1-2,7,14H,3-6,8H2. The van der Waals surface area contributed by atoms with Crippen molar-refractivity contribution in [3.05, 3.63) is 29.6 Å². The highest BCUT2D eigenvalue weighted by atomic mass is 19.1. The van der Waals surface area contributed by atoms with Crippen LogP contribution in [0.15, 0.2) is 18.2 Å². The van der Waals surface area contributed by atoms with Gasteiger partial charge in [0, 0.05) is 31.5 Å². The first-order chi connectivity index (χ1) is 7.77. The lowest BCUT2D eigenvalue weighted by atomic mass is 10.0. The Morgan fingerprint density at radius 1 is 1.25 bits per heavy atom. The maximum atomic E-state index is 13.0. The third-order valence-electron chi connectivity index (χ3n) is 3.17. The third kappa shape index (κ3) is 1.68. The quantitative estimate of drug-likeness (QED) is 0.727. The lowest BCUT2D eigenvalue weighted by molar-refractivity contribution is -0.218. The summed E-state index contributed by atoms with van der Waals surface area (Å²) in [6.45, 7) is 2.24. The minimum atomic E-state index is -0.490. The van der Waals surface area contributed by atoms with Crippen molar-refractivity contribution in [3.63, 3.8) is 0 Å². The number of hydrogen-bond donors (Lipinski definition) is 1. The van der Waals surface area contributed by atoms with E-state index in [1.165, 1.54) is 12.1 Å².